The van der Waals surface area contributed by atoms with Crippen LogP contribution in [0.3, 0.4) is 0 Å². The van der Waals surface area contributed by atoms with E-state index in [1.165, 1.54) is 19.3 Å². The molecule has 0 saturated carbocycles. The fraction of sp³-hybridized carbons (Fsp3) is 0.467. The van der Waals surface area contributed by atoms with Gasteiger partial charge in [0, 0.05) is 18.3 Å². The molecule has 92 valence electrons. The van der Waals surface area contributed by atoms with Gasteiger partial charge in [0.2, 0.25) is 0 Å². The van der Waals surface area contributed by atoms with Gasteiger partial charge in [0.1, 0.15) is 12.1 Å². The maximum Gasteiger partial charge on any atom is 0.101 e. The van der Waals surface area contributed by atoms with E-state index in [1.54, 1.807) is 6.07 Å². The standard InChI is InChI=1S/C15H17N3/c1-2-14-5-3-4-8-18(14)15-7-6-12(10-16)13(9-15)11-17/h6-7,9,14H,2-5,8H2,1H3/t14-/m0/s1. The van der Waals surface area contributed by atoms with E-state index in [1.807, 2.05) is 12.1 Å². The second-order valence-corrected chi connectivity index (χ2v) is 4.70. The molecular formula is C15H17N3. The summed E-state index contributed by atoms with van der Waals surface area (Å²) >= 11 is 0. The molecule has 1 aromatic carbocycles. The monoisotopic (exact) mass is 239 g/mol. The first-order valence-corrected chi connectivity index (χ1v) is 6.51. The summed E-state index contributed by atoms with van der Waals surface area (Å²) in [5.41, 5.74) is 2.03. The Kier molecular flexibility index (Phi) is 3.85. The fourth-order valence-corrected chi connectivity index (χ4v) is 2.67. The highest BCUT2D eigenvalue weighted by molar-refractivity contribution is 5.58. The highest BCUT2D eigenvalue weighted by Gasteiger charge is 2.21. The maximum absolute atomic E-state index is 9.08. The molecule has 0 aliphatic carbocycles. The highest BCUT2D eigenvalue weighted by Crippen LogP contribution is 2.27. The summed E-state index contributed by atoms with van der Waals surface area (Å²) < 4.78 is 0. The van der Waals surface area contributed by atoms with Crippen molar-refractivity contribution in [3.63, 3.8) is 0 Å². The molecule has 0 spiro atoms. The van der Waals surface area contributed by atoms with Crippen molar-refractivity contribution in [2.75, 3.05) is 11.4 Å². The van der Waals surface area contributed by atoms with Gasteiger partial charge in [0.05, 0.1) is 11.1 Å². The minimum absolute atomic E-state index is 0.464. The molecule has 0 radical (unpaired) electrons. The lowest BCUT2D eigenvalue weighted by Crippen LogP contribution is -2.39. The molecule has 2 rings (SSSR count). The number of rotatable bonds is 2. The van der Waals surface area contributed by atoms with Crippen molar-refractivity contribution in [2.45, 2.75) is 38.6 Å². The van der Waals surface area contributed by atoms with Gasteiger partial charge in [-0.3, -0.25) is 0 Å². The van der Waals surface area contributed by atoms with Crippen molar-refractivity contribution in [1.29, 1.82) is 10.5 Å². The number of nitriles is 2. The van der Waals surface area contributed by atoms with Gasteiger partial charge in [-0.15, -0.1) is 0 Å². The molecule has 0 unspecified atom stereocenters. The van der Waals surface area contributed by atoms with Gasteiger partial charge >= 0.3 is 0 Å². The average molecular weight is 239 g/mol. The molecule has 18 heavy (non-hydrogen) atoms. The van der Waals surface area contributed by atoms with Crippen molar-refractivity contribution >= 4 is 5.69 Å². The molecule has 1 saturated heterocycles. The van der Waals surface area contributed by atoms with Gasteiger partial charge in [0.25, 0.3) is 0 Å². The van der Waals surface area contributed by atoms with Crippen molar-refractivity contribution in [2.24, 2.45) is 0 Å². The number of hydrogen-bond donors (Lipinski definition) is 0. The Morgan fingerprint density at radius 2 is 2.00 bits per heavy atom. The van der Waals surface area contributed by atoms with Crippen LogP contribution < -0.4 is 4.90 Å². The van der Waals surface area contributed by atoms with Gasteiger partial charge in [-0.25, -0.2) is 0 Å². The molecule has 1 atom stereocenters. The van der Waals surface area contributed by atoms with Crippen molar-refractivity contribution in [3.8, 4) is 12.1 Å². The van der Waals surface area contributed by atoms with E-state index in [0.717, 1.165) is 18.7 Å². The van der Waals surface area contributed by atoms with Crippen molar-refractivity contribution in [3.05, 3.63) is 29.3 Å². The normalized spacial score (nSPS) is 19.1. The van der Waals surface area contributed by atoms with E-state index in [9.17, 15) is 0 Å². The summed E-state index contributed by atoms with van der Waals surface area (Å²) in [5.74, 6) is 0. The van der Waals surface area contributed by atoms with Crippen LogP contribution in [0.5, 0.6) is 0 Å². The van der Waals surface area contributed by atoms with Gasteiger partial charge in [-0.2, -0.15) is 10.5 Å². The third kappa shape index (κ3) is 2.31. The lowest BCUT2D eigenvalue weighted by Gasteiger charge is -2.37. The Morgan fingerprint density at radius 3 is 2.67 bits per heavy atom. The van der Waals surface area contributed by atoms with Crippen LogP contribution in [-0.4, -0.2) is 12.6 Å². The van der Waals surface area contributed by atoms with Crippen LogP contribution in [0.1, 0.15) is 43.7 Å². The zero-order valence-electron chi connectivity index (χ0n) is 10.7. The zero-order chi connectivity index (χ0) is 13.0. The molecule has 1 aliphatic rings. The molecule has 3 nitrogen and oxygen atoms in total. The van der Waals surface area contributed by atoms with E-state index in [2.05, 4.69) is 24.0 Å². The predicted molar refractivity (Wildman–Crippen MR) is 71.1 cm³/mol. The quantitative estimate of drug-likeness (QED) is 0.796. The van der Waals surface area contributed by atoms with Crippen molar-refractivity contribution < 1.29 is 0 Å². The summed E-state index contributed by atoms with van der Waals surface area (Å²) in [7, 11) is 0. The molecule has 0 bridgehead atoms. The topological polar surface area (TPSA) is 50.8 Å². The summed E-state index contributed by atoms with van der Waals surface area (Å²) in [6.45, 7) is 3.26. The van der Waals surface area contributed by atoms with Crippen LogP contribution >= 0.6 is 0 Å². The minimum atomic E-state index is 0.464. The predicted octanol–water partition coefficient (Wildman–Crippen LogP) is 3.20. The summed E-state index contributed by atoms with van der Waals surface area (Å²) in [4.78, 5) is 2.38. The number of piperidine rings is 1. The number of anilines is 1. The molecule has 0 amide bonds. The summed E-state index contributed by atoms with van der Waals surface area (Å²) in [5, 5.41) is 18.0. The van der Waals surface area contributed by atoms with Crippen LogP contribution in [0.2, 0.25) is 0 Å². The Morgan fingerprint density at radius 1 is 1.22 bits per heavy atom. The Hall–Kier alpha value is -2.00. The molecule has 1 fully saturated rings. The Balaban J connectivity index is 2.33. The molecule has 3 heteroatoms. The van der Waals surface area contributed by atoms with Crippen LogP contribution in [0.4, 0.5) is 5.69 Å². The lowest BCUT2D eigenvalue weighted by atomic mass is 9.98. The first-order valence-electron chi connectivity index (χ1n) is 6.51. The largest absolute Gasteiger partial charge is 0.369 e. The Labute approximate surface area is 108 Å². The summed E-state index contributed by atoms with van der Waals surface area (Å²) in [6, 6.07) is 10.3. The maximum atomic E-state index is 9.08. The van der Waals surface area contributed by atoms with Gasteiger partial charge in [-0.05, 0) is 43.9 Å². The minimum Gasteiger partial charge on any atom is -0.369 e. The third-order valence-electron chi connectivity index (χ3n) is 3.67. The first kappa shape index (κ1) is 12.5. The highest BCUT2D eigenvalue weighted by atomic mass is 15.2. The van der Waals surface area contributed by atoms with E-state index < -0.39 is 0 Å². The molecule has 1 aromatic rings. The number of hydrogen-bond acceptors (Lipinski definition) is 3. The number of nitrogens with zero attached hydrogens (tertiary/aromatic N) is 3. The van der Waals surface area contributed by atoms with Gasteiger partial charge < -0.3 is 4.90 Å². The van der Waals surface area contributed by atoms with Gasteiger partial charge in [0.15, 0.2) is 0 Å². The second-order valence-electron chi connectivity index (χ2n) is 4.70. The van der Waals surface area contributed by atoms with E-state index in [4.69, 9.17) is 10.5 Å². The van der Waals surface area contributed by atoms with Crippen molar-refractivity contribution in [1.82, 2.24) is 0 Å². The first-order chi connectivity index (χ1) is 8.80. The summed E-state index contributed by atoms with van der Waals surface area (Å²) in [6.07, 6.45) is 4.84. The fourth-order valence-electron chi connectivity index (χ4n) is 2.67. The molecule has 1 heterocycles. The second kappa shape index (κ2) is 5.56. The smallest absolute Gasteiger partial charge is 0.101 e. The average Bonchev–Trinajstić information content (AvgIpc) is 2.46. The van der Waals surface area contributed by atoms with Gasteiger partial charge in [-0.1, -0.05) is 6.92 Å². The van der Waals surface area contributed by atoms with Crippen LogP contribution in [0.15, 0.2) is 18.2 Å². The third-order valence-corrected chi connectivity index (χ3v) is 3.67. The molecule has 1 aliphatic heterocycles. The molecular weight excluding hydrogens is 222 g/mol. The Bertz CT molecular complexity index is 507. The molecule has 0 N–H and O–H groups in total. The van der Waals surface area contributed by atoms with E-state index in [0.29, 0.717) is 17.2 Å². The van der Waals surface area contributed by atoms with Crippen LogP contribution in [-0.2, 0) is 0 Å². The van der Waals surface area contributed by atoms with E-state index >= 15 is 0 Å². The van der Waals surface area contributed by atoms with E-state index in [-0.39, 0.29) is 0 Å². The van der Waals surface area contributed by atoms with Crippen LogP contribution in [0, 0.1) is 22.7 Å². The number of benzene rings is 1. The van der Waals surface area contributed by atoms with Crippen LogP contribution in [0.25, 0.3) is 0 Å². The SMILES string of the molecule is CC[C@H]1CCCCN1c1ccc(C#N)c(C#N)c1. The molecule has 0 aromatic heterocycles. The zero-order valence-corrected chi connectivity index (χ0v) is 10.7. The lowest BCUT2D eigenvalue weighted by molar-refractivity contribution is 0.450.